The molecule has 0 heterocycles. The van der Waals surface area contributed by atoms with Gasteiger partial charge in [0.2, 0.25) is 0 Å². The molecule has 2 aromatic rings. The average Bonchev–Trinajstić information content (AvgIpc) is 2.48. The van der Waals surface area contributed by atoms with Crippen LogP contribution in [0.2, 0.25) is 0 Å². The number of hydrogen-bond donors (Lipinski definition) is 0. The largest absolute Gasteiger partial charge is 0.288 e. The van der Waals surface area contributed by atoms with E-state index in [1.807, 2.05) is 30.3 Å². The van der Waals surface area contributed by atoms with Gasteiger partial charge in [-0.05, 0) is 24.2 Å². The highest BCUT2D eigenvalue weighted by Crippen LogP contribution is 2.03. The second kappa shape index (κ2) is 7.41. The minimum Gasteiger partial charge on any atom is -0.288 e. The summed E-state index contributed by atoms with van der Waals surface area (Å²) in [4.78, 5) is 2.34. The Bertz CT molecular complexity index is 534. The van der Waals surface area contributed by atoms with Crippen molar-refractivity contribution in [1.82, 2.24) is 4.90 Å². The molecule has 1 heteroatoms. The third-order valence-corrected chi connectivity index (χ3v) is 3.01. The topological polar surface area (TPSA) is 3.24 Å². The van der Waals surface area contributed by atoms with Crippen molar-refractivity contribution in [2.45, 2.75) is 13.5 Å². The fourth-order valence-electron chi connectivity index (χ4n) is 1.90. The highest BCUT2D eigenvalue weighted by atomic mass is 15.1. The Balaban J connectivity index is 1.92. The van der Waals surface area contributed by atoms with Crippen LogP contribution in [0.4, 0.5) is 0 Å². The van der Waals surface area contributed by atoms with E-state index in [0.717, 1.165) is 25.2 Å². The maximum atomic E-state index is 3.25. The van der Waals surface area contributed by atoms with E-state index in [4.69, 9.17) is 0 Å². The SMILES string of the molecule is CCN(CC#Cc1ccccc1)Cc1ccccc1. The molecule has 0 atom stereocenters. The first-order valence-electron chi connectivity index (χ1n) is 6.68. The summed E-state index contributed by atoms with van der Waals surface area (Å²) in [5.74, 6) is 6.45. The zero-order valence-corrected chi connectivity index (χ0v) is 11.3. The van der Waals surface area contributed by atoms with Gasteiger partial charge in [0, 0.05) is 12.1 Å². The highest BCUT2D eigenvalue weighted by molar-refractivity contribution is 5.33. The molecule has 0 saturated carbocycles. The van der Waals surface area contributed by atoms with Gasteiger partial charge in [-0.1, -0.05) is 67.3 Å². The summed E-state index contributed by atoms with van der Waals surface area (Å²) >= 11 is 0. The van der Waals surface area contributed by atoms with E-state index in [0.29, 0.717) is 0 Å². The molecule has 0 saturated heterocycles. The minimum absolute atomic E-state index is 0.806. The van der Waals surface area contributed by atoms with Crippen molar-refractivity contribution in [2.24, 2.45) is 0 Å². The fraction of sp³-hybridized carbons (Fsp3) is 0.222. The van der Waals surface area contributed by atoms with Crippen LogP contribution >= 0.6 is 0 Å². The van der Waals surface area contributed by atoms with E-state index in [1.54, 1.807) is 0 Å². The van der Waals surface area contributed by atoms with E-state index in [9.17, 15) is 0 Å². The van der Waals surface area contributed by atoms with Crippen molar-refractivity contribution < 1.29 is 0 Å². The molecule has 0 N–H and O–H groups in total. The van der Waals surface area contributed by atoms with Gasteiger partial charge in [-0.25, -0.2) is 0 Å². The molecule has 0 aromatic heterocycles. The lowest BCUT2D eigenvalue weighted by atomic mass is 10.2. The standard InChI is InChI=1S/C18H19N/c1-2-19(16-18-12-7-4-8-13-18)15-9-14-17-10-5-3-6-11-17/h3-8,10-13H,2,15-16H2,1H3. The fourth-order valence-corrected chi connectivity index (χ4v) is 1.90. The summed E-state index contributed by atoms with van der Waals surface area (Å²) in [6, 6.07) is 20.7. The molecule has 0 aliphatic rings. The van der Waals surface area contributed by atoms with Crippen LogP contribution in [0.1, 0.15) is 18.1 Å². The monoisotopic (exact) mass is 249 g/mol. The Labute approximate surface area is 115 Å². The zero-order valence-electron chi connectivity index (χ0n) is 11.3. The lowest BCUT2D eigenvalue weighted by Crippen LogP contribution is -2.23. The Kier molecular flexibility index (Phi) is 5.22. The van der Waals surface area contributed by atoms with Crippen LogP contribution in [0.3, 0.4) is 0 Å². The maximum absolute atomic E-state index is 3.25. The molecule has 0 radical (unpaired) electrons. The minimum atomic E-state index is 0.806. The van der Waals surface area contributed by atoms with E-state index in [2.05, 4.69) is 54.0 Å². The van der Waals surface area contributed by atoms with Crippen LogP contribution in [0, 0.1) is 11.8 Å². The van der Waals surface area contributed by atoms with Crippen LogP contribution in [-0.2, 0) is 6.54 Å². The van der Waals surface area contributed by atoms with Gasteiger partial charge in [0.25, 0.3) is 0 Å². The molecule has 0 aliphatic carbocycles. The highest BCUT2D eigenvalue weighted by Gasteiger charge is 2.00. The van der Waals surface area contributed by atoms with Gasteiger partial charge < -0.3 is 0 Å². The molecule has 0 unspecified atom stereocenters. The second-order valence-corrected chi connectivity index (χ2v) is 4.46. The van der Waals surface area contributed by atoms with Gasteiger partial charge in [0.05, 0.1) is 6.54 Å². The summed E-state index contributed by atoms with van der Waals surface area (Å²) in [5, 5.41) is 0. The van der Waals surface area contributed by atoms with Crippen LogP contribution in [0.15, 0.2) is 60.7 Å². The van der Waals surface area contributed by atoms with Crippen molar-refractivity contribution in [3.05, 3.63) is 71.8 Å². The number of nitrogens with zero attached hydrogens (tertiary/aromatic N) is 1. The molecule has 0 spiro atoms. The lowest BCUT2D eigenvalue weighted by Gasteiger charge is -2.17. The van der Waals surface area contributed by atoms with Crippen molar-refractivity contribution in [3.63, 3.8) is 0 Å². The van der Waals surface area contributed by atoms with Crippen molar-refractivity contribution in [3.8, 4) is 11.8 Å². The second-order valence-electron chi connectivity index (χ2n) is 4.46. The predicted octanol–water partition coefficient (Wildman–Crippen LogP) is 3.56. The molecule has 0 amide bonds. The van der Waals surface area contributed by atoms with Gasteiger partial charge in [-0.15, -0.1) is 0 Å². The number of rotatable bonds is 4. The molecular weight excluding hydrogens is 230 g/mol. The third kappa shape index (κ3) is 4.62. The first-order chi connectivity index (χ1) is 9.38. The predicted molar refractivity (Wildman–Crippen MR) is 80.7 cm³/mol. The van der Waals surface area contributed by atoms with Crippen molar-refractivity contribution in [2.75, 3.05) is 13.1 Å². The molecule has 2 aromatic carbocycles. The van der Waals surface area contributed by atoms with Crippen molar-refractivity contribution in [1.29, 1.82) is 0 Å². The summed E-state index contributed by atoms with van der Waals surface area (Å²) in [6.07, 6.45) is 0. The van der Waals surface area contributed by atoms with Crippen LogP contribution in [0.5, 0.6) is 0 Å². The quantitative estimate of drug-likeness (QED) is 0.749. The smallest absolute Gasteiger partial charge is 0.0608 e. The Morgan fingerprint density at radius 1 is 0.895 bits per heavy atom. The summed E-state index contributed by atoms with van der Waals surface area (Å²) in [7, 11) is 0. The van der Waals surface area contributed by atoms with E-state index in [1.165, 1.54) is 5.56 Å². The average molecular weight is 249 g/mol. The molecule has 0 aliphatic heterocycles. The number of hydrogen-bond acceptors (Lipinski definition) is 1. The van der Waals surface area contributed by atoms with Gasteiger partial charge in [0.15, 0.2) is 0 Å². The van der Waals surface area contributed by atoms with Crippen LogP contribution in [0.25, 0.3) is 0 Å². The molecule has 0 bridgehead atoms. The van der Waals surface area contributed by atoms with Gasteiger partial charge in [-0.2, -0.15) is 0 Å². The van der Waals surface area contributed by atoms with Crippen molar-refractivity contribution >= 4 is 0 Å². The first kappa shape index (κ1) is 13.4. The lowest BCUT2D eigenvalue weighted by molar-refractivity contribution is 0.316. The maximum Gasteiger partial charge on any atom is 0.0608 e. The Hall–Kier alpha value is -2.04. The Morgan fingerprint density at radius 3 is 2.16 bits per heavy atom. The van der Waals surface area contributed by atoms with Crippen LogP contribution < -0.4 is 0 Å². The summed E-state index contributed by atoms with van der Waals surface area (Å²) in [5.41, 5.74) is 2.42. The molecule has 96 valence electrons. The van der Waals surface area contributed by atoms with E-state index >= 15 is 0 Å². The van der Waals surface area contributed by atoms with Gasteiger partial charge in [-0.3, -0.25) is 4.90 Å². The van der Waals surface area contributed by atoms with Gasteiger partial charge >= 0.3 is 0 Å². The third-order valence-electron chi connectivity index (χ3n) is 3.01. The normalized spacial score (nSPS) is 10.0. The molecular formula is C18H19N. The van der Waals surface area contributed by atoms with E-state index < -0.39 is 0 Å². The first-order valence-corrected chi connectivity index (χ1v) is 6.68. The molecule has 0 fully saturated rings. The van der Waals surface area contributed by atoms with Gasteiger partial charge in [0.1, 0.15) is 0 Å². The molecule has 1 nitrogen and oxygen atoms in total. The van der Waals surface area contributed by atoms with Crippen LogP contribution in [-0.4, -0.2) is 18.0 Å². The van der Waals surface area contributed by atoms with E-state index in [-0.39, 0.29) is 0 Å². The summed E-state index contributed by atoms with van der Waals surface area (Å²) in [6.45, 7) is 4.95. The zero-order chi connectivity index (χ0) is 13.3. The number of benzene rings is 2. The molecule has 2 rings (SSSR count). The molecule has 19 heavy (non-hydrogen) atoms. The summed E-state index contributed by atoms with van der Waals surface area (Å²) < 4.78 is 0. The Morgan fingerprint density at radius 2 is 1.53 bits per heavy atom.